The van der Waals surface area contributed by atoms with Gasteiger partial charge in [-0.2, -0.15) is 0 Å². The average Bonchev–Trinajstić information content (AvgIpc) is 3.09. The Labute approximate surface area is 107 Å². The molecule has 1 fully saturated rings. The van der Waals surface area contributed by atoms with Gasteiger partial charge in [-0.25, -0.2) is 0 Å². The largest absolute Gasteiger partial charge is 0.346 e. The van der Waals surface area contributed by atoms with Crippen LogP contribution in [-0.4, -0.2) is 10.6 Å². The maximum absolute atomic E-state index is 6.06. The highest BCUT2D eigenvalue weighted by molar-refractivity contribution is 6.31. The molecule has 1 aromatic carbocycles. The lowest BCUT2D eigenvalue weighted by Crippen LogP contribution is -2.17. The third-order valence-electron chi connectivity index (χ3n) is 3.70. The van der Waals surface area contributed by atoms with Crippen LogP contribution in [0.1, 0.15) is 24.1 Å². The van der Waals surface area contributed by atoms with Crippen LogP contribution in [0.4, 0.5) is 0 Å². The van der Waals surface area contributed by atoms with E-state index >= 15 is 0 Å². The predicted molar refractivity (Wildman–Crippen MR) is 72.5 cm³/mol. The summed E-state index contributed by atoms with van der Waals surface area (Å²) in [6.07, 6.45) is 2.66. The van der Waals surface area contributed by atoms with Crippen LogP contribution in [0.25, 0.3) is 10.9 Å². The Morgan fingerprint density at radius 1 is 1.41 bits per heavy atom. The van der Waals surface area contributed by atoms with Crippen molar-refractivity contribution in [3.8, 4) is 0 Å². The Hall–Kier alpha value is -0.990. The quantitative estimate of drug-likeness (QED) is 0.881. The summed E-state index contributed by atoms with van der Waals surface area (Å²) in [6, 6.07) is 6.87. The van der Waals surface area contributed by atoms with Crippen molar-refractivity contribution in [3.63, 3.8) is 0 Å². The monoisotopic (exact) mass is 248 g/mol. The van der Waals surface area contributed by atoms with Crippen molar-refractivity contribution >= 4 is 22.5 Å². The minimum Gasteiger partial charge on any atom is -0.346 e. The van der Waals surface area contributed by atoms with Crippen LogP contribution in [0.3, 0.4) is 0 Å². The average molecular weight is 249 g/mol. The number of nitrogens with zero attached hydrogens (tertiary/aromatic N) is 1. The molecule has 0 saturated heterocycles. The van der Waals surface area contributed by atoms with E-state index in [2.05, 4.69) is 36.0 Å². The molecule has 1 aliphatic carbocycles. The van der Waals surface area contributed by atoms with Crippen molar-refractivity contribution in [2.75, 3.05) is 0 Å². The Kier molecular flexibility index (Phi) is 2.64. The lowest BCUT2D eigenvalue weighted by molar-refractivity contribution is 0.652. The first kappa shape index (κ1) is 11.1. The van der Waals surface area contributed by atoms with E-state index < -0.39 is 0 Å². The molecule has 2 aromatic rings. The summed E-state index contributed by atoms with van der Waals surface area (Å²) >= 11 is 6.06. The topological polar surface area (TPSA) is 17.0 Å². The van der Waals surface area contributed by atoms with E-state index in [4.69, 9.17) is 11.6 Å². The van der Waals surface area contributed by atoms with E-state index in [1.807, 2.05) is 6.07 Å². The molecule has 1 N–H and O–H groups in total. The van der Waals surface area contributed by atoms with Crippen LogP contribution in [0, 0.1) is 6.92 Å². The summed E-state index contributed by atoms with van der Waals surface area (Å²) in [7, 11) is 2.13. The van der Waals surface area contributed by atoms with Gasteiger partial charge < -0.3 is 9.88 Å². The van der Waals surface area contributed by atoms with Gasteiger partial charge in [0.2, 0.25) is 0 Å². The van der Waals surface area contributed by atoms with Crippen molar-refractivity contribution in [2.45, 2.75) is 32.4 Å². The molecule has 0 unspecified atom stereocenters. The molecular formula is C14H17ClN2. The number of hydrogen-bond acceptors (Lipinski definition) is 1. The van der Waals surface area contributed by atoms with Crippen molar-refractivity contribution in [3.05, 3.63) is 34.5 Å². The van der Waals surface area contributed by atoms with Crippen LogP contribution in [0.15, 0.2) is 18.2 Å². The van der Waals surface area contributed by atoms with Crippen LogP contribution >= 0.6 is 11.6 Å². The van der Waals surface area contributed by atoms with Gasteiger partial charge in [-0.15, -0.1) is 0 Å². The summed E-state index contributed by atoms with van der Waals surface area (Å²) < 4.78 is 2.27. The molecule has 2 nitrogen and oxygen atoms in total. The summed E-state index contributed by atoms with van der Waals surface area (Å²) in [5.41, 5.74) is 3.98. The van der Waals surface area contributed by atoms with Crippen molar-refractivity contribution < 1.29 is 0 Å². The molecule has 3 rings (SSSR count). The maximum atomic E-state index is 6.06. The van der Waals surface area contributed by atoms with Crippen LogP contribution in [0.2, 0.25) is 5.02 Å². The standard InChI is InChI=1S/C14H17ClN2/c1-9-12-7-10(15)3-6-13(12)17(2)14(9)8-16-11-4-5-11/h3,6-7,11,16H,4-5,8H2,1-2H3. The zero-order valence-electron chi connectivity index (χ0n) is 10.3. The first-order valence-electron chi connectivity index (χ1n) is 6.13. The lowest BCUT2D eigenvalue weighted by atomic mass is 10.1. The van der Waals surface area contributed by atoms with Gasteiger partial charge >= 0.3 is 0 Å². The zero-order valence-corrected chi connectivity index (χ0v) is 11.0. The fourth-order valence-corrected chi connectivity index (χ4v) is 2.61. The minimum atomic E-state index is 0.746. The number of aromatic nitrogens is 1. The van der Waals surface area contributed by atoms with Crippen molar-refractivity contribution in [1.82, 2.24) is 9.88 Å². The molecule has 0 atom stereocenters. The van der Waals surface area contributed by atoms with Gasteiger partial charge in [-0.05, 0) is 43.5 Å². The van der Waals surface area contributed by atoms with Crippen LogP contribution in [0.5, 0.6) is 0 Å². The second-order valence-corrected chi connectivity index (χ2v) is 5.38. The summed E-state index contributed by atoms with van der Waals surface area (Å²) in [5, 5.41) is 5.66. The van der Waals surface area contributed by atoms with Crippen molar-refractivity contribution in [1.29, 1.82) is 0 Å². The lowest BCUT2D eigenvalue weighted by Gasteiger charge is -2.06. The Balaban J connectivity index is 2.03. The zero-order chi connectivity index (χ0) is 12.0. The first-order chi connectivity index (χ1) is 8.16. The predicted octanol–water partition coefficient (Wildman–Crippen LogP) is 3.39. The number of fused-ring (bicyclic) bond motifs is 1. The Morgan fingerprint density at radius 2 is 2.18 bits per heavy atom. The fourth-order valence-electron chi connectivity index (χ4n) is 2.43. The van der Waals surface area contributed by atoms with Gasteiger partial charge in [-0.1, -0.05) is 11.6 Å². The number of rotatable bonds is 3. The molecular weight excluding hydrogens is 232 g/mol. The van der Waals surface area contributed by atoms with E-state index in [9.17, 15) is 0 Å². The smallest absolute Gasteiger partial charge is 0.0484 e. The van der Waals surface area contributed by atoms with Crippen LogP contribution < -0.4 is 5.32 Å². The SMILES string of the molecule is Cc1c(CNC2CC2)n(C)c2ccc(Cl)cc12. The number of aryl methyl sites for hydroxylation is 2. The maximum Gasteiger partial charge on any atom is 0.0484 e. The summed E-state index contributed by atoms with van der Waals surface area (Å²) in [6.45, 7) is 3.14. The third kappa shape index (κ3) is 1.96. The van der Waals surface area contributed by atoms with E-state index in [-0.39, 0.29) is 0 Å². The normalized spacial score (nSPS) is 15.7. The molecule has 0 spiro atoms. The highest BCUT2D eigenvalue weighted by Gasteiger charge is 2.21. The molecule has 3 heteroatoms. The van der Waals surface area contributed by atoms with E-state index in [0.29, 0.717) is 0 Å². The van der Waals surface area contributed by atoms with Crippen LogP contribution in [-0.2, 0) is 13.6 Å². The molecule has 1 saturated carbocycles. The first-order valence-corrected chi connectivity index (χ1v) is 6.51. The molecule has 0 bridgehead atoms. The highest BCUT2D eigenvalue weighted by atomic mass is 35.5. The summed E-state index contributed by atoms with van der Waals surface area (Å²) in [4.78, 5) is 0. The third-order valence-corrected chi connectivity index (χ3v) is 3.93. The molecule has 90 valence electrons. The van der Waals surface area contributed by atoms with E-state index in [1.54, 1.807) is 0 Å². The Bertz CT molecular complexity index is 567. The number of benzene rings is 1. The molecule has 1 aliphatic rings. The molecule has 0 aliphatic heterocycles. The number of hydrogen-bond donors (Lipinski definition) is 1. The van der Waals surface area contributed by atoms with E-state index in [1.165, 1.54) is 35.0 Å². The highest BCUT2D eigenvalue weighted by Crippen LogP contribution is 2.28. The molecule has 0 radical (unpaired) electrons. The van der Waals surface area contributed by atoms with Gasteiger partial charge in [-0.3, -0.25) is 0 Å². The van der Waals surface area contributed by atoms with Gasteiger partial charge in [0.1, 0.15) is 0 Å². The van der Waals surface area contributed by atoms with Crippen molar-refractivity contribution in [2.24, 2.45) is 7.05 Å². The summed E-state index contributed by atoms with van der Waals surface area (Å²) in [5.74, 6) is 0. The minimum absolute atomic E-state index is 0.746. The molecule has 0 amide bonds. The van der Waals surface area contributed by atoms with Gasteiger partial charge in [0.15, 0.2) is 0 Å². The second kappa shape index (κ2) is 4.04. The molecule has 1 heterocycles. The Morgan fingerprint density at radius 3 is 2.88 bits per heavy atom. The second-order valence-electron chi connectivity index (χ2n) is 4.95. The van der Waals surface area contributed by atoms with Gasteiger partial charge in [0, 0.05) is 41.3 Å². The van der Waals surface area contributed by atoms with Gasteiger partial charge in [0.25, 0.3) is 0 Å². The molecule has 17 heavy (non-hydrogen) atoms. The number of nitrogens with one attached hydrogen (secondary N) is 1. The van der Waals surface area contributed by atoms with Gasteiger partial charge in [0.05, 0.1) is 0 Å². The van der Waals surface area contributed by atoms with E-state index in [0.717, 1.165) is 17.6 Å². The number of halogens is 1. The molecule has 1 aromatic heterocycles. The fraction of sp³-hybridized carbons (Fsp3) is 0.429.